The summed E-state index contributed by atoms with van der Waals surface area (Å²) in [4.78, 5) is 18.4. The minimum Gasteiger partial charge on any atom is -0.369 e. The minimum absolute atomic E-state index is 0.0562. The summed E-state index contributed by atoms with van der Waals surface area (Å²) in [5.74, 6) is 0.0562. The van der Waals surface area contributed by atoms with E-state index in [4.69, 9.17) is 4.98 Å². The van der Waals surface area contributed by atoms with Crippen molar-refractivity contribution in [2.45, 2.75) is 39.2 Å². The fraction of sp³-hybridized carbons (Fsp3) is 0.444. The van der Waals surface area contributed by atoms with Crippen LogP contribution in [0.25, 0.3) is 10.9 Å². The van der Waals surface area contributed by atoms with Crippen molar-refractivity contribution in [2.24, 2.45) is 0 Å². The summed E-state index contributed by atoms with van der Waals surface area (Å²) in [5, 5.41) is 4.26. The summed E-state index contributed by atoms with van der Waals surface area (Å²) in [7, 11) is 0. The number of fused-ring (bicyclic) bond motifs is 1. The topological polar surface area (TPSA) is 45.2 Å². The van der Waals surface area contributed by atoms with E-state index in [1.54, 1.807) is 6.92 Å². The molecule has 0 aliphatic carbocycles. The number of nitrogens with one attached hydrogen (secondary N) is 1. The first kappa shape index (κ1) is 14.8. The standard InChI is InChI=1S/C18H23N3O/c1-3-14-11-18(16-8-4-5-9-17(16)20-14)21-10-6-7-15(12-21)19-13(2)22/h4-5,8-9,11,15H,3,6-7,10,12H2,1-2H3,(H,19,22). The van der Waals surface area contributed by atoms with Gasteiger partial charge in [0.1, 0.15) is 0 Å². The molecule has 1 aliphatic rings. The molecule has 1 aliphatic heterocycles. The van der Waals surface area contributed by atoms with Gasteiger partial charge < -0.3 is 10.2 Å². The van der Waals surface area contributed by atoms with Crippen molar-refractivity contribution >= 4 is 22.5 Å². The molecule has 1 aromatic carbocycles. The quantitative estimate of drug-likeness (QED) is 0.947. The summed E-state index contributed by atoms with van der Waals surface area (Å²) < 4.78 is 0. The predicted molar refractivity (Wildman–Crippen MR) is 90.2 cm³/mol. The van der Waals surface area contributed by atoms with Crippen molar-refractivity contribution in [1.82, 2.24) is 10.3 Å². The van der Waals surface area contributed by atoms with Crippen LogP contribution in [0.3, 0.4) is 0 Å². The van der Waals surface area contributed by atoms with Gasteiger partial charge in [-0.25, -0.2) is 0 Å². The summed E-state index contributed by atoms with van der Waals surface area (Å²) in [6.07, 6.45) is 3.09. The molecule has 2 heterocycles. The van der Waals surface area contributed by atoms with Gasteiger partial charge in [-0.15, -0.1) is 0 Å². The van der Waals surface area contributed by atoms with Crippen LogP contribution in [0.15, 0.2) is 30.3 Å². The van der Waals surface area contributed by atoms with Gasteiger partial charge in [-0.1, -0.05) is 25.1 Å². The molecule has 3 rings (SSSR count). The van der Waals surface area contributed by atoms with Crippen molar-refractivity contribution in [3.05, 3.63) is 36.0 Å². The molecule has 0 saturated carbocycles. The van der Waals surface area contributed by atoms with Gasteiger partial charge in [-0.2, -0.15) is 0 Å². The van der Waals surface area contributed by atoms with Crippen molar-refractivity contribution < 1.29 is 4.79 Å². The molecule has 1 amide bonds. The van der Waals surface area contributed by atoms with Crippen molar-refractivity contribution in [2.75, 3.05) is 18.0 Å². The van der Waals surface area contributed by atoms with E-state index >= 15 is 0 Å². The maximum Gasteiger partial charge on any atom is 0.217 e. The monoisotopic (exact) mass is 297 g/mol. The first-order valence-corrected chi connectivity index (χ1v) is 8.08. The zero-order valence-electron chi connectivity index (χ0n) is 13.3. The Labute approximate surface area is 131 Å². The number of anilines is 1. The predicted octanol–water partition coefficient (Wildman–Crippen LogP) is 2.90. The molecule has 1 N–H and O–H groups in total. The second-order valence-corrected chi connectivity index (χ2v) is 5.99. The Bertz CT molecular complexity index is 683. The van der Waals surface area contributed by atoms with E-state index in [1.807, 2.05) is 6.07 Å². The first-order valence-electron chi connectivity index (χ1n) is 8.08. The van der Waals surface area contributed by atoms with Gasteiger partial charge in [-0.3, -0.25) is 9.78 Å². The number of hydrogen-bond donors (Lipinski definition) is 1. The fourth-order valence-corrected chi connectivity index (χ4v) is 3.25. The zero-order chi connectivity index (χ0) is 15.5. The van der Waals surface area contributed by atoms with Gasteiger partial charge in [-0.05, 0) is 31.4 Å². The number of amides is 1. The van der Waals surface area contributed by atoms with E-state index in [2.05, 4.69) is 41.4 Å². The van der Waals surface area contributed by atoms with E-state index in [-0.39, 0.29) is 11.9 Å². The maximum atomic E-state index is 11.3. The molecule has 2 aromatic rings. The molecule has 0 bridgehead atoms. The van der Waals surface area contributed by atoms with Crippen LogP contribution in [-0.4, -0.2) is 30.0 Å². The van der Waals surface area contributed by atoms with E-state index < -0.39 is 0 Å². The number of hydrogen-bond acceptors (Lipinski definition) is 3. The lowest BCUT2D eigenvalue weighted by Gasteiger charge is -2.35. The molecule has 1 aromatic heterocycles. The lowest BCUT2D eigenvalue weighted by atomic mass is 10.0. The largest absolute Gasteiger partial charge is 0.369 e. The zero-order valence-corrected chi connectivity index (χ0v) is 13.3. The minimum atomic E-state index is 0.0562. The van der Waals surface area contributed by atoms with E-state index in [1.165, 1.54) is 11.1 Å². The van der Waals surface area contributed by atoms with Crippen LogP contribution in [0.4, 0.5) is 5.69 Å². The van der Waals surface area contributed by atoms with Crippen LogP contribution in [0.2, 0.25) is 0 Å². The highest BCUT2D eigenvalue weighted by Crippen LogP contribution is 2.29. The lowest BCUT2D eigenvalue weighted by Crippen LogP contribution is -2.47. The highest BCUT2D eigenvalue weighted by atomic mass is 16.1. The van der Waals surface area contributed by atoms with Gasteiger partial charge in [0.25, 0.3) is 0 Å². The van der Waals surface area contributed by atoms with Crippen molar-refractivity contribution in [1.29, 1.82) is 0 Å². The number of piperidine rings is 1. The summed E-state index contributed by atoms with van der Waals surface area (Å²) in [6.45, 7) is 5.64. The molecular formula is C18H23N3O. The number of aryl methyl sites for hydroxylation is 1. The Morgan fingerprint density at radius 1 is 1.41 bits per heavy atom. The average Bonchev–Trinajstić information content (AvgIpc) is 2.53. The van der Waals surface area contributed by atoms with Gasteiger partial charge in [0.15, 0.2) is 0 Å². The number of para-hydroxylation sites is 1. The number of carbonyl (C=O) groups is 1. The first-order chi connectivity index (χ1) is 10.7. The number of rotatable bonds is 3. The van der Waals surface area contributed by atoms with Crippen LogP contribution >= 0.6 is 0 Å². The number of nitrogens with zero attached hydrogens (tertiary/aromatic N) is 2. The summed E-state index contributed by atoms with van der Waals surface area (Å²) >= 11 is 0. The van der Waals surface area contributed by atoms with E-state index in [0.29, 0.717) is 0 Å². The van der Waals surface area contributed by atoms with Crippen molar-refractivity contribution in [3.8, 4) is 0 Å². The molecule has 0 radical (unpaired) electrons. The summed E-state index contributed by atoms with van der Waals surface area (Å²) in [6, 6.07) is 10.8. The van der Waals surface area contributed by atoms with Crippen LogP contribution in [0, 0.1) is 0 Å². The van der Waals surface area contributed by atoms with Gasteiger partial charge >= 0.3 is 0 Å². The molecular weight excluding hydrogens is 274 g/mol. The SMILES string of the molecule is CCc1cc(N2CCCC(NC(C)=O)C2)c2ccccc2n1. The number of benzene rings is 1. The highest BCUT2D eigenvalue weighted by molar-refractivity contribution is 5.92. The third-order valence-corrected chi connectivity index (χ3v) is 4.28. The highest BCUT2D eigenvalue weighted by Gasteiger charge is 2.22. The van der Waals surface area contributed by atoms with E-state index in [9.17, 15) is 4.79 Å². The Kier molecular flexibility index (Phi) is 4.27. The van der Waals surface area contributed by atoms with Gasteiger partial charge in [0.05, 0.1) is 5.52 Å². The fourth-order valence-electron chi connectivity index (χ4n) is 3.25. The molecule has 4 nitrogen and oxygen atoms in total. The van der Waals surface area contributed by atoms with Crippen LogP contribution in [0.5, 0.6) is 0 Å². The van der Waals surface area contributed by atoms with Gasteiger partial charge in [0, 0.05) is 42.8 Å². The number of aromatic nitrogens is 1. The second kappa shape index (κ2) is 6.34. The second-order valence-electron chi connectivity index (χ2n) is 5.99. The normalized spacial score (nSPS) is 18.5. The van der Waals surface area contributed by atoms with E-state index in [0.717, 1.165) is 43.6 Å². The average molecular weight is 297 g/mol. The maximum absolute atomic E-state index is 11.3. The molecule has 1 atom stereocenters. The Balaban J connectivity index is 1.96. The lowest BCUT2D eigenvalue weighted by molar-refractivity contribution is -0.119. The van der Waals surface area contributed by atoms with Crippen LogP contribution in [0.1, 0.15) is 32.4 Å². The number of carbonyl (C=O) groups excluding carboxylic acids is 1. The van der Waals surface area contributed by atoms with Gasteiger partial charge in [0.2, 0.25) is 5.91 Å². The molecule has 22 heavy (non-hydrogen) atoms. The Morgan fingerprint density at radius 2 is 2.23 bits per heavy atom. The molecule has 0 spiro atoms. The Hall–Kier alpha value is -2.10. The van der Waals surface area contributed by atoms with Crippen LogP contribution in [-0.2, 0) is 11.2 Å². The smallest absolute Gasteiger partial charge is 0.217 e. The Morgan fingerprint density at radius 3 is 3.00 bits per heavy atom. The molecule has 1 unspecified atom stereocenters. The third kappa shape index (κ3) is 3.06. The molecule has 1 saturated heterocycles. The van der Waals surface area contributed by atoms with Crippen LogP contribution < -0.4 is 10.2 Å². The molecule has 116 valence electrons. The molecule has 4 heteroatoms. The third-order valence-electron chi connectivity index (χ3n) is 4.28. The molecule has 1 fully saturated rings. The number of pyridine rings is 1. The van der Waals surface area contributed by atoms with Crippen molar-refractivity contribution in [3.63, 3.8) is 0 Å². The summed E-state index contributed by atoms with van der Waals surface area (Å²) in [5.41, 5.74) is 3.42.